The third kappa shape index (κ3) is 3.36. The molecule has 0 saturated carbocycles. The van der Waals surface area contributed by atoms with Crippen molar-refractivity contribution < 1.29 is 9.90 Å². The molecule has 0 aliphatic rings. The van der Waals surface area contributed by atoms with Crippen molar-refractivity contribution in [3.63, 3.8) is 0 Å². The van der Waals surface area contributed by atoms with Gasteiger partial charge in [0.15, 0.2) is 11.6 Å². The van der Waals surface area contributed by atoms with Gasteiger partial charge in [-0.3, -0.25) is 0 Å². The van der Waals surface area contributed by atoms with Gasteiger partial charge >= 0.3 is 5.97 Å². The van der Waals surface area contributed by atoms with Crippen LogP contribution in [0.15, 0.2) is 48.0 Å². The number of rotatable bonds is 5. The van der Waals surface area contributed by atoms with Crippen molar-refractivity contribution in [1.29, 1.82) is 0 Å². The first kappa shape index (κ1) is 15.9. The summed E-state index contributed by atoms with van der Waals surface area (Å²) in [7, 11) is 0. The lowest BCUT2D eigenvalue weighted by atomic mass is 10.1. The molecule has 1 aromatic carbocycles. The summed E-state index contributed by atoms with van der Waals surface area (Å²) in [5, 5.41) is 14.0. The molecular formula is C17H16N4O2S. The fraction of sp³-hybridized carbons (Fsp3) is 0.118. The highest BCUT2D eigenvalue weighted by Gasteiger charge is 2.13. The van der Waals surface area contributed by atoms with E-state index in [2.05, 4.69) is 15.3 Å². The Labute approximate surface area is 143 Å². The zero-order valence-corrected chi connectivity index (χ0v) is 13.7. The topological polar surface area (TPSA) is 101 Å². The Morgan fingerprint density at radius 1 is 1.33 bits per heavy atom. The van der Waals surface area contributed by atoms with Crippen molar-refractivity contribution in [2.45, 2.75) is 13.0 Å². The van der Waals surface area contributed by atoms with Crippen molar-refractivity contribution in [3.8, 4) is 11.3 Å². The average molecular weight is 340 g/mol. The molecule has 0 aliphatic carbocycles. The van der Waals surface area contributed by atoms with Crippen molar-refractivity contribution in [2.75, 3.05) is 11.1 Å². The average Bonchev–Trinajstić information content (AvgIpc) is 3.08. The molecular weight excluding hydrogens is 324 g/mol. The summed E-state index contributed by atoms with van der Waals surface area (Å²) in [6.07, 6.45) is 1.54. The van der Waals surface area contributed by atoms with Crippen LogP contribution in [0.3, 0.4) is 0 Å². The van der Waals surface area contributed by atoms with E-state index < -0.39 is 5.97 Å². The van der Waals surface area contributed by atoms with Crippen LogP contribution in [0.25, 0.3) is 11.3 Å². The number of hydrogen-bond acceptors (Lipinski definition) is 6. The van der Waals surface area contributed by atoms with Gasteiger partial charge in [0.1, 0.15) is 4.88 Å². The van der Waals surface area contributed by atoms with Gasteiger partial charge in [-0.1, -0.05) is 30.3 Å². The molecule has 122 valence electrons. The normalized spacial score (nSPS) is 11.9. The highest BCUT2D eigenvalue weighted by atomic mass is 32.1. The summed E-state index contributed by atoms with van der Waals surface area (Å²) in [5.41, 5.74) is 8.31. The Kier molecular flexibility index (Phi) is 4.43. The highest BCUT2D eigenvalue weighted by Crippen LogP contribution is 2.27. The molecule has 7 heteroatoms. The van der Waals surface area contributed by atoms with Gasteiger partial charge in [-0.25, -0.2) is 14.8 Å². The van der Waals surface area contributed by atoms with Gasteiger partial charge in [0.05, 0.1) is 17.9 Å². The van der Waals surface area contributed by atoms with Gasteiger partial charge in [-0.05, 0) is 18.6 Å². The van der Waals surface area contributed by atoms with Gasteiger partial charge in [0.2, 0.25) is 0 Å². The molecule has 0 radical (unpaired) electrons. The summed E-state index contributed by atoms with van der Waals surface area (Å²) < 4.78 is 0. The Balaban J connectivity index is 1.87. The van der Waals surface area contributed by atoms with Gasteiger partial charge in [0.25, 0.3) is 0 Å². The lowest BCUT2D eigenvalue weighted by molar-refractivity contribution is 0.0702. The van der Waals surface area contributed by atoms with E-state index in [0.717, 1.165) is 16.9 Å². The van der Waals surface area contributed by atoms with Crippen LogP contribution < -0.4 is 11.1 Å². The van der Waals surface area contributed by atoms with Crippen molar-refractivity contribution in [2.24, 2.45) is 0 Å². The largest absolute Gasteiger partial charge is 0.477 e. The number of aromatic nitrogens is 2. The van der Waals surface area contributed by atoms with Crippen LogP contribution in [-0.2, 0) is 0 Å². The van der Waals surface area contributed by atoms with Crippen LogP contribution in [0.2, 0.25) is 0 Å². The van der Waals surface area contributed by atoms with Crippen LogP contribution in [0.5, 0.6) is 0 Å². The summed E-state index contributed by atoms with van der Waals surface area (Å²) in [4.78, 5) is 19.9. The van der Waals surface area contributed by atoms with Gasteiger partial charge in [0, 0.05) is 10.9 Å². The van der Waals surface area contributed by atoms with Crippen molar-refractivity contribution >= 4 is 28.9 Å². The lowest BCUT2D eigenvalue weighted by Crippen LogP contribution is -2.11. The fourth-order valence-corrected chi connectivity index (χ4v) is 3.00. The molecule has 6 nitrogen and oxygen atoms in total. The number of carboxylic acids is 1. The highest BCUT2D eigenvalue weighted by molar-refractivity contribution is 7.12. The molecule has 4 N–H and O–H groups in total. The molecule has 0 aliphatic heterocycles. The quantitative estimate of drug-likeness (QED) is 0.655. The molecule has 0 spiro atoms. The van der Waals surface area contributed by atoms with Crippen LogP contribution in [-0.4, -0.2) is 21.0 Å². The Morgan fingerprint density at radius 2 is 2.08 bits per heavy atom. The van der Waals surface area contributed by atoms with E-state index in [1.165, 1.54) is 0 Å². The minimum atomic E-state index is -0.953. The maximum absolute atomic E-state index is 11.0. The first-order valence-electron chi connectivity index (χ1n) is 7.31. The van der Waals surface area contributed by atoms with E-state index in [4.69, 9.17) is 10.8 Å². The van der Waals surface area contributed by atoms with E-state index in [9.17, 15) is 4.79 Å². The fourth-order valence-electron chi connectivity index (χ4n) is 2.26. The first-order chi connectivity index (χ1) is 11.5. The SMILES string of the molecule is C[C@@H](Nc1nc(-c2csc(C(=O)O)c2)cnc1N)c1ccccc1. The standard InChI is InChI=1S/C17H16N4O2S/c1-10(11-5-3-2-4-6-11)20-16-15(18)19-8-13(21-16)12-7-14(17(22)23)24-9-12/h2-10H,1H3,(H2,18,19)(H,20,21)(H,22,23)/t10-/m1/s1. The number of hydrogen-bond donors (Lipinski definition) is 3. The molecule has 2 heterocycles. The number of nitrogens with zero attached hydrogens (tertiary/aromatic N) is 2. The van der Waals surface area contributed by atoms with Crippen molar-refractivity contribution in [3.05, 3.63) is 58.4 Å². The molecule has 3 rings (SSSR count). The smallest absolute Gasteiger partial charge is 0.345 e. The van der Waals surface area contributed by atoms with Crippen LogP contribution >= 0.6 is 11.3 Å². The first-order valence-corrected chi connectivity index (χ1v) is 8.18. The second kappa shape index (κ2) is 6.67. The number of thiophene rings is 1. The van der Waals surface area contributed by atoms with Gasteiger partial charge in [-0.2, -0.15) is 0 Å². The minimum Gasteiger partial charge on any atom is -0.477 e. The third-order valence-corrected chi connectivity index (χ3v) is 4.48. The summed E-state index contributed by atoms with van der Waals surface area (Å²) in [5.74, 6) is -0.173. The van der Waals surface area contributed by atoms with Crippen LogP contribution in [0, 0.1) is 0 Å². The second-order valence-electron chi connectivity index (χ2n) is 5.27. The monoisotopic (exact) mass is 340 g/mol. The number of carbonyl (C=O) groups is 1. The number of benzene rings is 1. The zero-order chi connectivity index (χ0) is 17.1. The predicted octanol–water partition coefficient (Wildman–Crippen LogP) is 3.66. The Morgan fingerprint density at radius 3 is 2.75 bits per heavy atom. The summed E-state index contributed by atoms with van der Waals surface area (Å²) in [6, 6.07) is 11.5. The van der Waals surface area contributed by atoms with Crippen LogP contribution in [0.1, 0.15) is 28.2 Å². The number of aromatic carboxylic acids is 1. The number of anilines is 2. The second-order valence-corrected chi connectivity index (χ2v) is 6.18. The number of nitrogen functional groups attached to an aromatic ring is 1. The van der Waals surface area contributed by atoms with Gasteiger partial charge in [-0.15, -0.1) is 11.3 Å². The summed E-state index contributed by atoms with van der Waals surface area (Å²) in [6.45, 7) is 2.01. The Hall–Kier alpha value is -2.93. The molecule has 0 unspecified atom stereocenters. The summed E-state index contributed by atoms with van der Waals surface area (Å²) >= 11 is 1.15. The molecule has 0 bridgehead atoms. The molecule has 0 amide bonds. The zero-order valence-electron chi connectivity index (χ0n) is 12.9. The molecule has 1 atom stereocenters. The maximum Gasteiger partial charge on any atom is 0.345 e. The molecule has 0 saturated heterocycles. The molecule has 2 aromatic heterocycles. The van der Waals surface area contributed by atoms with Crippen molar-refractivity contribution in [1.82, 2.24) is 9.97 Å². The lowest BCUT2D eigenvalue weighted by Gasteiger charge is -2.16. The number of nitrogens with two attached hydrogens (primary N) is 1. The maximum atomic E-state index is 11.0. The number of carboxylic acid groups (broad SMARTS) is 1. The molecule has 24 heavy (non-hydrogen) atoms. The minimum absolute atomic E-state index is 0.00936. The van der Waals surface area contributed by atoms with E-state index in [1.54, 1.807) is 17.6 Å². The van der Waals surface area contributed by atoms with E-state index in [-0.39, 0.29) is 10.9 Å². The van der Waals surface area contributed by atoms with E-state index in [1.807, 2.05) is 37.3 Å². The molecule has 0 fully saturated rings. The number of nitrogens with one attached hydrogen (secondary N) is 1. The Bertz CT molecular complexity index is 864. The van der Waals surface area contributed by atoms with E-state index in [0.29, 0.717) is 22.9 Å². The van der Waals surface area contributed by atoms with Gasteiger partial charge < -0.3 is 16.2 Å². The van der Waals surface area contributed by atoms with Crippen LogP contribution in [0.4, 0.5) is 11.6 Å². The third-order valence-electron chi connectivity index (χ3n) is 3.56. The predicted molar refractivity (Wildman–Crippen MR) is 95.2 cm³/mol. The van der Waals surface area contributed by atoms with E-state index >= 15 is 0 Å². The molecule has 3 aromatic rings.